The Hall–Kier alpha value is -4.06. The van der Waals surface area contributed by atoms with E-state index in [0.29, 0.717) is 36.2 Å². The largest absolute Gasteiger partial charge is 0.451 e. The van der Waals surface area contributed by atoms with E-state index in [2.05, 4.69) is 11.1 Å². The molecule has 1 aliphatic heterocycles. The summed E-state index contributed by atoms with van der Waals surface area (Å²) in [6, 6.07) is 1.81. The van der Waals surface area contributed by atoms with Crippen LogP contribution in [0.4, 0.5) is 18.0 Å². The molecular weight excluding hydrogens is 649 g/mol. The van der Waals surface area contributed by atoms with Crippen LogP contribution in [0.3, 0.4) is 0 Å². The molecule has 4 rings (SSSR count). The molecule has 2 aliphatic rings. The van der Waals surface area contributed by atoms with Crippen LogP contribution < -0.4 is 4.74 Å². The Bertz CT molecular complexity index is 1490. The molecule has 1 unspecified atom stereocenters. The zero-order valence-corrected chi connectivity index (χ0v) is 31.3. The van der Waals surface area contributed by atoms with Gasteiger partial charge in [0.1, 0.15) is 28.9 Å². The van der Waals surface area contributed by atoms with Crippen LogP contribution in [-0.4, -0.2) is 63.3 Å². The van der Waals surface area contributed by atoms with Gasteiger partial charge in [-0.3, -0.25) is 4.90 Å². The van der Waals surface area contributed by atoms with Crippen LogP contribution in [0.25, 0.3) is 0 Å². The normalized spacial score (nSPS) is 18.6. The maximum atomic E-state index is 13.3. The molecule has 1 aliphatic carbocycles. The van der Waals surface area contributed by atoms with Crippen molar-refractivity contribution >= 4 is 6.09 Å². The summed E-state index contributed by atoms with van der Waals surface area (Å²) in [5.41, 5.74) is 0.273. The van der Waals surface area contributed by atoms with Crippen molar-refractivity contribution in [2.45, 2.75) is 118 Å². The highest BCUT2D eigenvalue weighted by Crippen LogP contribution is 2.37. The molecule has 1 saturated heterocycles. The fourth-order valence-corrected chi connectivity index (χ4v) is 5.01. The van der Waals surface area contributed by atoms with E-state index in [1.54, 1.807) is 34.9 Å². The summed E-state index contributed by atoms with van der Waals surface area (Å²) in [4.78, 5) is 18.9. The minimum Gasteiger partial charge on any atom is -0.451 e. The lowest BCUT2D eigenvalue weighted by molar-refractivity contribution is -0.108. The third-order valence-electron chi connectivity index (χ3n) is 7.65. The first kappa shape index (κ1) is 42.1. The monoisotopic (exact) mass is 704 g/mol. The third-order valence-corrected chi connectivity index (χ3v) is 7.65. The average molecular weight is 705 g/mol. The maximum absolute atomic E-state index is 13.3. The number of likely N-dealkylation sites (N-methyl/N-ethyl adjacent to an activating group) is 1. The van der Waals surface area contributed by atoms with Crippen molar-refractivity contribution in [1.82, 2.24) is 19.7 Å². The lowest BCUT2D eigenvalue weighted by atomic mass is 9.83. The van der Waals surface area contributed by atoms with Gasteiger partial charge in [-0.2, -0.15) is 18.3 Å². The smallest absolute Gasteiger partial charge is 0.412 e. The summed E-state index contributed by atoms with van der Waals surface area (Å²) < 4.78 is 64.4. The first-order chi connectivity index (χ1) is 23.7. The fraction of sp³-hybridized carbons (Fsp3) is 0.553. The van der Waals surface area contributed by atoms with Crippen LogP contribution in [0.1, 0.15) is 105 Å². The highest BCUT2D eigenvalue weighted by Gasteiger charge is 2.48. The number of allylic oxidation sites excluding steroid dienone is 7. The summed E-state index contributed by atoms with van der Waals surface area (Å²) in [6.45, 7) is 18.4. The number of hydrogen-bond donors (Lipinski definition) is 0. The number of aromatic nitrogens is 3. The number of oxazole rings is 1. The van der Waals surface area contributed by atoms with E-state index < -0.39 is 29.0 Å². The molecule has 0 saturated carbocycles. The van der Waals surface area contributed by atoms with Crippen molar-refractivity contribution in [3.05, 3.63) is 89.5 Å². The lowest BCUT2D eigenvalue weighted by Gasteiger charge is -2.49. The summed E-state index contributed by atoms with van der Waals surface area (Å²) in [5.74, 6) is 0.572. The van der Waals surface area contributed by atoms with Crippen LogP contribution in [-0.2, 0) is 16.0 Å². The fourth-order valence-electron chi connectivity index (χ4n) is 5.01. The van der Waals surface area contributed by atoms with Crippen LogP contribution >= 0.6 is 0 Å². The molecule has 1 atom stereocenters. The predicted octanol–water partition coefficient (Wildman–Crippen LogP) is 10.1. The number of ether oxygens (including phenoxy) is 3. The van der Waals surface area contributed by atoms with Gasteiger partial charge in [-0.05, 0) is 64.2 Å². The summed E-state index contributed by atoms with van der Waals surface area (Å²) in [6.07, 6.45) is 11.3. The van der Waals surface area contributed by atoms with Crippen molar-refractivity contribution in [3.63, 3.8) is 0 Å². The second-order valence-electron chi connectivity index (χ2n) is 12.4. The molecule has 0 spiro atoms. The molecule has 50 heavy (non-hydrogen) atoms. The zero-order valence-electron chi connectivity index (χ0n) is 31.3. The van der Waals surface area contributed by atoms with Crippen molar-refractivity contribution < 1.29 is 36.6 Å². The molecule has 9 nitrogen and oxygen atoms in total. The standard InChI is InChI=1S/C34H43F3N4O5.2C2H6/c1-7-8-12-26(33(21-44-22-33)40(6)31(42)46-32(3,4)5)17-24(2)29-18-30(41(39-29)19-27-20-43-23-38-27)45-28-15-10-9-13-25(14-11-16-28)34(35,36)37;2*1-2/h8,10,12,14-18,20,23-24H,7,9,11,13,19,21-22H2,1-6H3;2*1-2H3/b12-8-,15-10-,25-14+,26-17+,28-16?;;. The molecule has 3 heterocycles. The van der Waals surface area contributed by atoms with Crippen LogP contribution in [0.2, 0.25) is 0 Å². The van der Waals surface area contributed by atoms with Gasteiger partial charge >= 0.3 is 12.3 Å². The number of hydrogen-bond acceptors (Lipinski definition) is 7. The van der Waals surface area contributed by atoms with Crippen molar-refractivity contribution in [2.75, 3.05) is 20.3 Å². The van der Waals surface area contributed by atoms with E-state index in [1.807, 2.05) is 80.5 Å². The second kappa shape index (κ2) is 19.4. The SMILES string of the molecule is CC.CC.CC/C=C\C(=C/C(C)c1cc(OC2=CC/C=C(/C(F)(F)F)CC/C=C\2)n(Cc2cocn2)n1)C1(N(C)C(=O)OC(C)(C)C)COC1. The molecular formula is C38H55F3N4O5. The number of rotatable bonds is 10. The number of carbonyl (C=O) groups is 1. The zero-order chi connectivity index (χ0) is 37.5. The Labute approximate surface area is 295 Å². The molecule has 2 aromatic rings. The summed E-state index contributed by atoms with van der Waals surface area (Å²) in [5, 5.41) is 4.84. The highest BCUT2D eigenvalue weighted by atomic mass is 19.4. The van der Waals surface area contributed by atoms with Gasteiger partial charge < -0.3 is 18.6 Å². The Morgan fingerprint density at radius 2 is 1.86 bits per heavy atom. The minimum atomic E-state index is -4.36. The lowest BCUT2D eigenvalue weighted by Crippen LogP contribution is -2.64. The quantitative estimate of drug-likeness (QED) is 0.180. The Balaban J connectivity index is 0.00000209. The van der Waals surface area contributed by atoms with E-state index >= 15 is 0 Å². The number of alkyl halides is 3. The van der Waals surface area contributed by atoms with Gasteiger partial charge in [-0.1, -0.05) is 71.9 Å². The molecule has 1 amide bonds. The van der Waals surface area contributed by atoms with Crippen molar-refractivity contribution in [2.24, 2.45) is 0 Å². The van der Waals surface area contributed by atoms with Gasteiger partial charge in [0.2, 0.25) is 5.88 Å². The number of nitrogens with zero attached hydrogens (tertiary/aromatic N) is 4. The summed E-state index contributed by atoms with van der Waals surface area (Å²) >= 11 is 0. The van der Waals surface area contributed by atoms with Gasteiger partial charge in [0, 0.05) is 24.6 Å². The third kappa shape index (κ3) is 11.8. The molecule has 0 N–H and O–H groups in total. The molecule has 0 radical (unpaired) electrons. The average Bonchev–Trinajstić information content (AvgIpc) is 3.72. The van der Waals surface area contributed by atoms with E-state index in [0.717, 1.165) is 12.0 Å². The van der Waals surface area contributed by atoms with E-state index in [9.17, 15) is 18.0 Å². The molecule has 278 valence electrons. The first-order valence-corrected chi connectivity index (χ1v) is 17.4. The van der Waals surface area contributed by atoms with Crippen LogP contribution in [0.5, 0.6) is 5.88 Å². The Morgan fingerprint density at radius 3 is 2.42 bits per heavy atom. The maximum Gasteiger partial charge on any atom is 0.412 e. The van der Waals surface area contributed by atoms with Gasteiger partial charge in [0.15, 0.2) is 6.39 Å². The van der Waals surface area contributed by atoms with Gasteiger partial charge in [0.05, 0.1) is 25.5 Å². The molecule has 0 aromatic carbocycles. The van der Waals surface area contributed by atoms with Gasteiger partial charge in [-0.25, -0.2) is 14.5 Å². The molecule has 1 fully saturated rings. The molecule has 2 aromatic heterocycles. The van der Waals surface area contributed by atoms with Gasteiger partial charge in [0.25, 0.3) is 0 Å². The number of carbonyl (C=O) groups excluding carboxylic acids is 1. The topological polar surface area (TPSA) is 91.9 Å². The van der Waals surface area contributed by atoms with Crippen LogP contribution in [0.15, 0.2) is 82.6 Å². The minimum absolute atomic E-state index is 0.0698. The van der Waals surface area contributed by atoms with Crippen molar-refractivity contribution in [1.29, 1.82) is 0 Å². The second-order valence-corrected chi connectivity index (χ2v) is 12.4. The predicted molar refractivity (Wildman–Crippen MR) is 190 cm³/mol. The van der Waals surface area contributed by atoms with Crippen molar-refractivity contribution in [3.8, 4) is 5.88 Å². The first-order valence-electron chi connectivity index (χ1n) is 17.4. The summed E-state index contributed by atoms with van der Waals surface area (Å²) in [7, 11) is 1.72. The van der Waals surface area contributed by atoms with E-state index in [-0.39, 0.29) is 31.7 Å². The van der Waals surface area contributed by atoms with Crippen LogP contribution in [0, 0.1) is 0 Å². The Kier molecular flexibility index (Phi) is 16.3. The van der Waals surface area contributed by atoms with E-state index in [1.165, 1.54) is 18.7 Å². The molecule has 0 bridgehead atoms. The number of halogens is 3. The Morgan fingerprint density at radius 1 is 1.16 bits per heavy atom. The van der Waals surface area contributed by atoms with Gasteiger partial charge in [-0.15, -0.1) is 0 Å². The van der Waals surface area contributed by atoms with E-state index in [4.69, 9.17) is 23.7 Å². The number of amides is 1. The highest BCUT2D eigenvalue weighted by molar-refractivity contribution is 5.70. The molecule has 12 heteroatoms.